The highest BCUT2D eigenvalue weighted by molar-refractivity contribution is 9.10. The maximum absolute atomic E-state index is 5.93. The molecule has 3 nitrogen and oxygen atoms in total. The monoisotopic (exact) mass is 304 g/mol. The third kappa shape index (κ3) is 3.09. The van der Waals surface area contributed by atoms with Gasteiger partial charge in [-0.25, -0.2) is 4.98 Å². The smallest absolute Gasteiger partial charge is 0.139 e. The van der Waals surface area contributed by atoms with Gasteiger partial charge in [-0.15, -0.1) is 0 Å². The van der Waals surface area contributed by atoms with E-state index in [2.05, 4.69) is 32.9 Å². The third-order valence-corrected chi connectivity index (χ3v) is 3.89. The van der Waals surface area contributed by atoms with Gasteiger partial charge in [0.05, 0.1) is 17.8 Å². The van der Waals surface area contributed by atoms with Gasteiger partial charge >= 0.3 is 0 Å². The second kappa shape index (κ2) is 5.34. The van der Waals surface area contributed by atoms with Crippen molar-refractivity contribution in [3.8, 4) is 5.75 Å². The lowest BCUT2D eigenvalue weighted by Gasteiger charge is -2.12. The number of halogens is 2. The molecule has 0 saturated carbocycles. The van der Waals surface area contributed by atoms with Crippen LogP contribution in [0.2, 0.25) is 5.02 Å². The molecule has 0 N–H and O–H groups in total. The number of aromatic nitrogens is 1. The second-order valence-electron chi connectivity index (χ2n) is 4.17. The van der Waals surface area contributed by atoms with E-state index in [-0.39, 0.29) is 0 Å². The third-order valence-electron chi connectivity index (χ3n) is 2.75. The van der Waals surface area contributed by atoms with Crippen molar-refractivity contribution in [2.24, 2.45) is 5.92 Å². The fourth-order valence-electron chi connectivity index (χ4n) is 1.86. The summed E-state index contributed by atoms with van der Waals surface area (Å²) in [5, 5.41) is 0.584. The van der Waals surface area contributed by atoms with E-state index in [9.17, 15) is 0 Å². The molecule has 1 atom stereocenters. The van der Waals surface area contributed by atoms with Crippen LogP contribution in [0, 0.1) is 5.92 Å². The largest absolute Gasteiger partial charge is 0.492 e. The molecule has 1 fully saturated rings. The van der Waals surface area contributed by atoms with E-state index in [4.69, 9.17) is 16.3 Å². The summed E-state index contributed by atoms with van der Waals surface area (Å²) in [5.74, 6) is 1.36. The van der Waals surface area contributed by atoms with Crippen molar-refractivity contribution in [1.29, 1.82) is 0 Å². The molecule has 2 rings (SSSR count). The maximum Gasteiger partial charge on any atom is 0.139 e. The van der Waals surface area contributed by atoms with Crippen molar-refractivity contribution in [3.05, 3.63) is 21.9 Å². The Bertz CT molecular complexity index is 375. The van der Waals surface area contributed by atoms with Crippen molar-refractivity contribution in [3.63, 3.8) is 0 Å². The topological polar surface area (TPSA) is 25.4 Å². The first-order chi connectivity index (χ1) is 7.65. The number of hydrogen-bond donors (Lipinski definition) is 0. The van der Waals surface area contributed by atoms with Crippen LogP contribution >= 0.6 is 27.5 Å². The molecule has 1 aliphatic rings. The maximum atomic E-state index is 5.93. The highest BCUT2D eigenvalue weighted by Crippen LogP contribution is 2.25. The molecule has 0 aromatic carbocycles. The van der Waals surface area contributed by atoms with Crippen LogP contribution in [0.5, 0.6) is 5.75 Å². The van der Waals surface area contributed by atoms with Crippen LogP contribution in [0.15, 0.2) is 16.9 Å². The van der Waals surface area contributed by atoms with Gasteiger partial charge in [-0.2, -0.15) is 0 Å². The van der Waals surface area contributed by atoms with Crippen molar-refractivity contribution in [1.82, 2.24) is 9.88 Å². The normalized spacial score (nSPS) is 21.3. The van der Waals surface area contributed by atoms with E-state index in [0.29, 0.717) is 15.5 Å². The zero-order valence-electron chi connectivity index (χ0n) is 9.12. The summed E-state index contributed by atoms with van der Waals surface area (Å²) in [7, 11) is 2.14. The molecule has 1 saturated heterocycles. The summed E-state index contributed by atoms with van der Waals surface area (Å²) in [4.78, 5) is 6.41. The van der Waals surface area contributed by atoms with Crippen LogP contribution < -0.4 is 4.74 Å². The quantitative estimate of drug-likeness (QED) is 0.803. The van der Waals surface area contributed by atoms with Crippen LogP contribution in [0.3, 0.4) is 0 Å². The number of likely N-dealkylation sites (tertiary alicyclic amines) is 1. The van der Waals surface area contributed by atoms with Gasteiger partial charge < -0.3 is 9.64 Å². The SMILES string of the molecule is CN1CCC(COc2cnc(Br)c(Cl)c2)C1. The Labute approximate surface area is 109 Å². The second-order valence-corrected chi connectivity index (χ2v) is 5.33. The average Bonchev–Trinajstić information content (AvgIpc) is 2.66. The molecule has 1 aliphatic heterocycles. The van der Waals surface area contributed by atoms with Gasteiger partial charge in [-0.05, 0) is 35.9 Å². The molecule has 1 unspecified atom stereocenters. The molecule has 5 heteroatoms. The Balaban J connectivity index is 1.87. The predicted molar refractivity (Wildman–Crippen MR) is 68.0 cm³/mol. The van der Waals surface area contributed by atoms with Crippen LogP contribution in [-0.4, -0.2) is 36.6 Å². The van der Waals surface area contributed by atoms with Gasteiger partial charge in [-0.3, -0.25) is 0 Å². The van der Waals surface area contributed by atoms with Crippen molar-refractivity contribution in [2.75, 3.05) is 26.7 Å². The number of hydrogen-bond acceptors (Lipinski definition) is 3. The zero-order valence-corrected chi connectivity index (χ0v) is 11.5. The summed E-state index contributed by atoms with van der Waals surface area (Å²) in [6.07, 6.45) is 2.89. The molecule has 0 spiro atoms. The van der Waals surface area contributed by atoms with E-state index < -0.39 is 0 Å². The van der Waals surface area contributed by atoms with E-state index in [1.54, 1.807) is 12.3 Å². The molecule has 0 aliphatic carbocycles. The highest BCUT2D eigenvalue weighted by Gasteiger charge is 2.19. The van der Waals surface area contributed by atoms with Gasteiger partial charge in [0.25, 0.3) is 0 Å². The molecule has 0 amide bonds. The van der Waals surface area contributed by atoms with Gasteiger partial charge in [0.15, 0.2) is 0 Å². The lowest BCUT2D eigenvalue weighted by atomic mass is 10.1. The van der Waals surface area contributed by atoms with Gasteiger partial charge in [0, 0.05) is 18.5 Å². The molecule has 0 radical (unpaired) electrons. The van der Waals surface area contributed by atoms with E-state index in [1.807, 2.05) is 0 Å². The van der Waals surface area contributed by atoms with E-state index >= 15 is 0 Å². The Kier molecular flexibility index (Phi) is 4.05. The number of pyridine rings is 1. The first-order valence-corrected chi connectivity index (χ1v) is 6.44. The molecular weight excluding hydrogens is 291 g/mol. The molecule has 16 heavy (non-hydrogen) atoms. The summed E-state index contributed by atoms with van der Waals surface area (Å²) in [6.45, 7) is 3.01. The van der Waals surface area contributed by atoms with Crippen molar-refractivity contribution >= 4 is 27.5 Å². The minimum atomic E-state index is 0.584. The first-order valence-electron chi connectivity index (χ1n) is 5.27. The number of nitrogens with zero attached hydrogens (tertiary/aromatic N) is 2. The van der Waals surface area contributed by atoms with Crippen LogP contribution in [0.25, 0.3) is 0 Å². The number of ether oxygens (including phenoxy) is 1. The molecule has 88 valence electrons. The summed E-state index contributed by atoms with van der Waals surface area (Å²) < 4.78 is 6.33. The van der Waals surface area contributed by atoms with Crippen molar-refractivity contribution < 1.29 is 4.74 Å². The summed E-state index contributed by atoms with van der Waals surface area (Å²) in [5.41, 5.74) is 0. The summed E-state index contributed by atoms with van der Waals surface area (Å²) >= 11 is 9.18. The molecular formula is C11H14BrClN2O. The number of rotatable bonds is 3. The Morgan fingerprint density at radius 2 is 2.50 bits per heavy atom. The Morgan fingerprint density at radius 3 is 3.12 bits per heavy atom. The lowest BCUT2D eigenvalue weighted by Crippen LogP contribution is -2.17. The highest BCUT2D eigenvalue weighted by atomic mass is 79.9. The molecule has 2 heterocycles. The van der Waals surface area contributed by atoms with Crippen LogP contribution in [0.1, 0.15) is 6.42 Å². The minimum Gasteiger partial charge on any atom is -0.492 e. The molecule has 0 bridgehead atoms. The van der Waals surface area contributed by atoms with Crippen LogP contribution in [0.4, 0.5) is 0 Å². The average molecular weight is 306 g/mol. The molecule has 1 aromatic rings. The van der Waals surface area contributed by atoms with E-state index in [1.165, 1.54) is 6.42 Å². The fourth-order valence-corrected chi connectivity index (χ4v) is 2.23. The van der Waals surface area contributed by atoms with E-state index in [0.717, 1.165) is 25.4 Å². The summed E-state index contributed by atoms with van der Waals surface area (Å²) in [6, 6.07) is 1.79. The van der Waals surface area contributed by atoms with Gasteiger partial charge in [-0.1, -0.05) is 11.6 Å². The van der Waals surface area contributed by atoms with Crippen molar-refractivity contribution in [2.45, 2.75) is 6.42 Å². The standard InChI is InChI=1S/C11H14BrClN2O/c1-15-3-2-8(6-15)7-16-9-4-10(13)11(12)14-5-9/h4-5,8H,2-3,6-7H2,1H3. The fraction of sp³-hybridized carbons (Fsp3) is 0.545. The first kappa shape index (κ1) is 12.1. The zero-order chi connectivity index (χ0) is 11.5. The van der Waals surface area contributed by atoms with Crippen LogP contribution in [-0.2, 0) is 0 Å². The Hall–Kier alpha value is -0.320. The van der Waals surface area contributed by atoms with Gasteiger partial charge in [0.1, 0.15) is 10.4 Å². The minimum absolute atomic E-state index is 0.584. The Morgan fingerprint density at radius 1 is 1.69 bits per heavy atom. The lowest BCUT2D eigenvalue weighted by molar-refractivity contribution is 0.248. The predicted octanol–water partition coefficient (Wildman–Crippen LogP) is 2.83. The molecule has 1 aromatic heterocycles. The van der Waals surface area contributed by atoms with Gasteiger partial charge in [0.2, 0.25) is 0 Å².